The maximum atomic E-state index is 5.62. The normalized spacial score (nSPS) is 10.8. The summed E-state index contributed by atoms with van der Waals surface area (Å²) in [7, 11) is 1.72. The molecule has 1 aromatic rings. The van der Waals surface area contributed by atoms with Crippen LogP contribution in [0.5, 0.6) is 5.75 Å². The van der Waals surface area contributed by atoms with Crippen LogP contribution >= 0.6 is 0 Å². The molecule has 0 bridgehead atoms. The van der Waals surface area contributed by atoms with Crippen LogP contribution in [0.3, 0.4) is 0 Å². The topological polar surface area (TPSA) is 48.3 Å². The van der Waals surface area contributed by atoms with Crippen molar-refractivity contribution in [3.8, 4) is 5.75 Å². The molecule has 1 N–H and O–H groups in total. The minimum Gasteiger partial charge on any atom is -0.490 e. The second-order valence-electron chi connectivity index (χ2n) is 4.24. The third-order valence-corrected chi connectivity index (χ3v) is 2.56. The van der Waals surface area contributed by atoms with Crippen LogP contribution in [-0.4, -0.2) is 43.2 Å². The van der Waals surface area contributed by atoms with Crippen molar-refractivity contribution in [3.05, 3.63) is 12.4 Å². The van der Waals surface area contributed by atoms with Gasteiger partial charge in [-0.15, -0.1) is 0 Å². The first-order valence-electron chi connectivity index (χ1n) is 6.71. The number of rotatable bonds is 11. The lowest BCUT2D eigenvalue weighted by Gasteiger charge is -2.05. The molecular weight excluding hydrogens is 230 g/mol. The number of methoxy groups -OCH3 is 1. The Hall–Kier alpha value is -1.07. The monoisotopic (exact) mass is 255 g/mol. The number of nitrogens with zero attached hydrogens (tertiary/aromatic N) is 2. The van der Waals surface area contributed by atoms with Crippen molar-refractivity contribution >= 4 is 0 Å². The zero-order valence-electron chi connectivity index (χ0n) is 11.5. The van der Waals surface area contributed by atoms with Crippen molar-refractivity contribution in [1.29, 1.82) is 0 Å². The first-order chi connectivity index (χ1) is 8.86. The van der Waals surface area contributed by atoms with Crippen LogP contribution in [0.2, 0.25) is 0 Å². The van der Waals surface area contributed by atoms with Crippen molar-refractivity contribution < 1.29 is 9.47 Å². The van der Waals surface area contributed by atoms with E-state index in [1.165, 1.54) is 0 Å². The molecule has 0 aliphatic heterocycles. The second-order valence-corrected chi connectivity index (χ2v) is 4.24. The Bertz CT molecular complexity index is 302. The van der Waals surface area contributed by atoms with Crippen LogP contribution < -0.4 is 10.1 Å². The lowest BCUT2D eigenvalue weighted by atomic mass is 10.3. The zero-order valence-corrected chi connectivity index (χ0v) is 11.5. The highest BCUT2D eigenvalue weighted by atomic mass is 16.5. The smallest absolute Gasteiger partial charge is 0.157 e. The van der Waals surface area contributed by atoms with Gasteiger partial charge in [0.05, 0.1) is 25.6 Å². The molecule has 5 nitrogen and oxygen atoms in total. The van der Waals surface area contributed by atoms with E-state index < -0.39 is 0 Å². The molecule has 104 valence electrons. The highest BCUT2D eigenvalue weighted by Crippen LogP contribution is 2.09. The van der Waals surface area contributed by atoms with E-state index in [4.69, 9.17) is 9.47 Å². The molecule has 0 atom stereocenters. The van der Waals surface area contributed by atoms with E-state index in [0.717, 1.165) is 57.9 Å². The Morgan fingerprint density at radius 2 is 2.17 bits per heavy atom. The minimum absolute atomic E-state index is 0.754. The Kier molecular flexibility index (Phi) is 8.25. The first kappa shape index (κ1) is 15.0. The van der Waals surface area contributed by atoms with Gasteiger partial charge < -0.3 is 14.8 Å². The molecule has 0 aromatic carbocycles. The third kappa shape index (κ3) is 6.61. The van der Waals surface area contributed by atoms with Crippen LogP contribution in [0.4, 0.5) is 0 Å². The number of hydrogen-bond acceptors (Lipinski definition) is 4. The van der Waals surface area contributed by atoms with E-state index >= 15 is 0 Å². The van der Waals surface area contributed by atoms with Crippen LogP contribution in [0, 0.1) is 0 Å². The summed E-state index contributed by atoms with van der Waals surface area (Å²) in [6.45, 7) is 6.55. The second kappa shape index (κ2) is 9.91. The summed E-state index contributed by atoms with van der Waals surface area (Å²) in [4.78, 5) is 0. The summed E-state index contributed by atoms with van der Waals surface area (Å²) >= 11 is 0. The first-order valence-corrected chi connectivity index (χ1v) is 6.71. The molecule has 0 aliphatic rings. The van der Waals surface area contributed by atoms with Crippen molar-refractivity contribution in [2.24, 2.45) is 0 Å². The summed E-state index contributed by atoms with van der Waals surface area (Å²) in [5.41, 5.74) is 0. The predicted molar refractivity (Wildman–Crippen MR) is 72.0 cm³/mol. The SMILES string of the molecule is CCCn1cc(OCCCCNCCOC)cn1. The molecule has 5 heteroatoms. The molecule has 18 heavy (non-hydrogen) atoms. The van der Waals surface area contributed by atoms with Crippen molar-refractivity contribution in [2.45, 2.75) is 32.7 Å². The lowest BCUT2D eigenvalue weighted by molar-refractivity contribution is 0.199. The molecule has 1 aromatic heterocycles. The fourth-order valence-electron chi connectivity index (χ4n) is 1.61. The molecule has 0 fully saturated rings. The summed E-state index contributed by atoms with van der Waals surface area (Å²) in [6.07, 6.45) is 7.01. The highest BCUT2D eigenvalue weighted by molar-refractivity contribution is 5.11. The lowest BCUT2D eigenvalue weighted by Crippen LogP contribution is -2.20. The standard InChI is InChI=1S/C13H25N3O2/c1-3-8-16-12-13(11-15-16)18-9-5-4-6-14-7-10-17-2/h11-12,14H,3-10H2,1-2H3. The number of hydrogen-bond donors (Lipinski definition) is 1. The molecule has 0 spiro atoms. The van der Waals surface area contributed by atoms with Crippen molar-refractivity contribution in [3.63, 3.8) is 0 Å². The molecule has 1 heterocycles. The summed E-state index contributed by atoms with van der Waals surface area (Å²) in [6, 6.07) is 0. The molecule has 1 rings (SSSR count). The maximum absolute atomic E-state index is 5.62. The third-order valence-electron chi connectivity index (χ3n) is 2.56. The fraction of sp³-hybridized carbons (Fsp3) is 0.769. The van der Waals surface area contributed by atoms with Crippen LogP contribution in [0.1, 0.15) is 26.2 Å². The van der Waals surface area contributed by atoms with Gasteiger partial charge in [0, 0.05) is 20.2 Å². The van der Waals surface area contributed by atoms with E-state index in [0.29, 0.717) is 0 Å². The average molecular weight is 255 g/mol. The van der Waals surface area contributed by atoms with Crippen molar-refractivity contribution in [1.82, 2.24) is 15.1 Å². The average Bonchev–Trinajstić information content (AvgIpc) is 2.81. The van der Waals surface area contributed by atoms with Gasteiger partial charge in [-0.3, -0.25) is 4.68 Å². The highest BCUT2D eigenvalue weighted by Gasteiger charge is 1.98. The molecule has 0 saturated carbocycles. The number of unbranched alkanes of at least 4 members (excludes halogenated alkanes) is 1. The van der Waals surface area contributed by atoms with Gasteiger partial charge in [0.1, 0.15) is 0 Å². The van der Waals surface area contributed by atoms with Crippen molar-refractivity contribution in [2.75, 3.05) is 33.4 Å². The van der Waals surface area contributed by atoms with E-state index in [1.54, 1.807) is 13.3 Å². The Morgan fingerprint density at radius 3 is 2.94 bits per heavy atom. The van der Waals surface area contributed by atoms with Gasteiger partial charge in [0.25, 0.3) is 0 Å². The van der Waals surface area contributed by atoms with Gasteiger partial charge in [0.15, 0.2) is 5.75 Å². The molecule has 0 amide bonds. The number of ether oxygens (including phenoxy) is 2. The predicted octanol–water partition coefficient (Wildman–Crippen LogP) is 1.69. The van der Waals surface area contributed by atoms with Crippen LogP contribution in [0.25, 0.3) is 0 Å². The number of aryl methyl sites for hydroxylation is 1. The van der Waals surface area contributed by atoms with Gasteiger partial charge in [-0.2, -0.15) is 5.10 Å². The Labute approximate surface area is 109 Å². The summed E-state index contributed by atoms with van der Waals surface area (Å²) in [5.74, 6) is 0.871. The summed E-state index contributed by atoms with van der Waals surface area (Å²) < 4.78 is 12.5. The van der Waals surface area contributed by atoms with E-state index in [-0.39, 0.29) is 0 Å². The maximum Gasteiger partial charge on any atom is 0.157 e. The molecule has 0 saturated heterocycles. The van der Waals surface area contributed by atoms with Crippen LogP contribution in [-0.2, 0) is 11.3 Å². The molecule has 0 aliphatic carbocycles. The van der Waals surface area contributed by atoms with E-state index in [1.807, 2.05) is 10.9 Å². The van der Waals surface area contributed by atoms with E-state index in [9.17, 15) is 0 Å². The zero-order chi connectivity index (χ0) is 13.1. The minimum atomic E-state index is 0.754. The molecular formula is C13H25N3O2. The van der Waals surface area contributed by atoms with Crippen LogP contribution in [0.15, 0.2) is 12.4 Å². The Balaban J connectivity index is 1.96. The van der Waals surface area contributed by atoms with Gasteiger partial charge in [0.2, 0.25) is 0 Å². The van der Waals surface area contributed by atoms with Gasteiger partial charge in [-0.25, -0.2) is 0 Å². The van der Waals surface area contributed by atoms with Gasteiger partial charge in [-0.05, 0) is 25.8 Å². The van der Waals surface area contributed by atoms with Gasteiger partial charge >= 0.3 is 0 Å². The number of aromatic nitrogens is 2. The number of nitrogens with one attached hydrogen (secondary N) is 1. The van der Waals surface area contributed by atoms with E-state index in [2.05, 4.69) is 17.3 Å². The van der Waals surface area contributed by atoms with Gasteiger partial charge in [-0.1, -0.05) is 6.92 Å². The summed E-state index contributed by atoms with van der Waals surface area (Å²) in [5, 5.41) is 7.53. The molecule has 0 radical (unpaired) electrons. The largest absolute Gasteiger partial charge is 0.490 e. The Morgan fingerprint density at radius 1 is 1.28 bits per heavy atom. The quantitative estimate of drug-likeness (QED) is 0.611. The fourth-order valence-corrected chi connectivity index (χ4v) is 1.61. The molecule has 0 unspecified atom stereocenters.